The second-order valence-corrected chi connectivity index (χ2v) is 6.87. The fourth-order valence-electron chi connectivity index (χ4n) is 2.81. The van der Waals surface area contributed by atoms with Crippen LogP contribution in [0, 0.1) is 5.92 Å². The van der Waals surface area contributed by atoms with Gasteiger partial charge in [0.2, 0.25) is 5.91 Å². The lowest BCUT2D eigenvalue weighted by molar-refractivity contribution is -0.133. The highest BCUT2D eigenvalue weighted by Crippen LogP contribution is 2.35. The smallest absolute Gasteiger partial charge is 0.244 e. The third-order valence-corrected chi connectivity index (χ3v) is 5.55. The first-order chi connectivity index (χ1) is 9.55. The Balaban J connectivity index is 2.26. The van der Waals surface area contributed by atoms with E-state index in [9.17, 15) is 4.79 Å². The van der Waals surface area contributed by atoms with Gasteiger partial charge in [0.1, 0.15) is 6.17 Å². The van der Waals surface area contributed by atoms with Gasteiger partial charge in [-0.05, 0) is 30.7 Å². The molecule has 3 nitrogen and oxygen atoms in total. The first kappa shape index (κ1) is 15.5. The van der Waals surface area contributed by atoms with Crippen LogP contribution in [-0.4, -0.2) is 22.9 Å². The van der Waals surface area contributed by atoms with Crippen LogP contribution in [0.1, 0.15) is 58.0 Å². The topological polar surface area (TPSA) is 32.3 Å². The number of carbonyl (C=O) groups excluding carboxylic acids is 1. The van der Waals surface area contributed by atoms with E-state index in [-0.39, 0.29) is 12.1 Å². The van der Waals surface area contributed by atoms with Gasteiger partial charge in [-0.3, -0.25) is 10.1 Å². The summed E-state index contributed by atoms with van der Waals surface area (Å²) in [6.45, 7) is 9.39. The molecule has 0 saturated carbocycles. The summed E-state index contributed by atoms with van der Waals surface area (Å²) >= 11 is 1.72. The van der Waals surface area contributed by atoms with E-state index in [4.69, 9.17) is 0 Å². The van der Waals surface area contributed by atoms with E-state index in [2.05, 4.69) is 48.5 Å². The Morgan fingerprint density at radius 3 is 2.60 bits per heavy atom. The third-order valence-electron chi connectivity index (χ3n) is 4.63. The number of rotatable bonds is 6. The van der Waals surface area contributed by atoms with Crippen molar-refractivity contribution in [3.05, 3.63) is 22.4 Å². The Labute approximate surface area is 126 Å². The molecule has 0 spiro atoms. The fraction of sp³-hybridized carbons (Fsp3) is 0.688. The van der Waals surface area contributed by atoms with Crippen LogP contribution in [0.2, 0.25) is 0 Å². The van der Waals surface area contributed by atoms with Crippen LogP contribution in [0.5, 0.6) is 0 Å². The summed E-state index contributed by atoms with van der Waals surface area (Å²) in [6.07, 6.45) is 3.13. The van der Waals surface area contributed by atoms with Crippen molar-refractivity contribution >= 4 is 17.2 Å². The number of thiophene rings is 1. The van der Waals surface area contributed by atoms with Crippen molar-refractivity contribution in [2.24, 2.45) is 5.92 Å². The standard InChI is InChI=1S/C16H26N2OS/c1-5-12(6-2)11-18-14(13-9-8-10-20-13)17-16(4,7-3)15(18)19/h8-10,12,14,17H,5-7,11H2,1-4H3. The van der Waals surface area contributed by atoms with Gasteiger partial charge in [-0.15, -0.1) is 11.3 Å². The summed E-state index contributed by atoms with van der Waals surface area (Å²) in [5.74, 6) is 0.840. The van der Waals surface area contributed by atoms with Gasteiger partial charge in [0.25, 0.3) is 0 Å². The number of carbonyl (C=O) groups is 1. The van der Waals surface area contributed by atoms with Crippen molar-refractivity contribution in [2.75, 3.05) is 6.54 Å². The number of nitrogens with one attached hydrogen (secondary N) is 1. The summed E-state index contributed by atoms with van der Waals surface area (Å²) in [6, 6.07) is 4.18. The maximum atomic E-state index is 12.8. The Hall–Kier alpha value is -0.870. The van der Waals surface area contributed by atoms with Gasteiger partial charge in [0.15, 0.2) is 0 Å². The van der Waals surface area contributed by atoms with Crippen molar-refractivity contribution in [3.63, 3.8) is 0 Å². The molecular formula is C16H26N2OS. The normalized spacial score (nSPS) is 26.8. The highest BCUT2D eigenvalue weighted by Gasteiger charge is 2.47. The SMILES string of the molecule is CCC(CC)CN1C(=O)C(C)(CC)NC1c1cccs1. The van der Waals surface area contributed by atoms with Crippen LogP contribution in [0.3, 0.4) is 0 Å². The summed E-state index contributed by atoms with van der Waals surface area (Å²) in [4.78, 5) is 16.1. The molecule has 1 amide bonds. The van der Waals surface area contributed by atoms with E-state index in [0.29, 0.717) is 5.92 Å². The highest BCUT2D eigenvalue weighted by molar-refractivity contribution is 7.10. The Morgan fingerprint density at radius 1 is 1.40 bits per heavy atom. The number of hydrogen-bond donors (Lipinski definition) is 1. The minimum atomic E-state index is -0.416. The molecule has 1 aromatic rings. The minimum absolute atomic E-state index is 0.0491. The second-order valence-electron chi connectivity index (χ2n) is 5.89. The van der Waals surface area contributed by atoms with Crippen molar-refractivity contribution in [2.45, 2.75) is 58.7 Å². The molecule has 1 N–H and O–H groups in total. The lowest BCUT2D eigenvalue weighted by Gasteiger charge is -2.27. The molecule has 0 bridgehead atoms. The van der Waals surface area contributed by atoms with Gasteiger partial charge in [-0.25, -0.2) is 0 Å². The Bertz CT molecular complexity index is 441. The molecule has 1 aliphatic heterocycles. The van der Waals surface area contributed by atoms with Gasteiger partial charge >= 0.3 is 0 Å². The van der Waals surface area contributed by atoms with Crippen molar-refractivity contribution in [1.82, 2.24) is 10.2 Å². The summed E-state index contributed by atoms with van der Waals surface area (Å²) in [5.41, 5.74) is -0.416. The molecule has 0 aromatic carbocycles. The molecule has 1 fully saturated rings. The van der Waals surface area contributed by atoms with Gasteiger partial charge in [-0.1, -0.05) is 39.7 Å². The van der Waals surface area contributed by atoms with Gasteiger partial charge in [0.05, 0.1) is 5.54 Å². The lowest BCUT2D eigenvalue weighted by atomic mass is 9.98. The van der Waals surface area contributed by atoms with E-state index in [1.165, 1.54) is 4.88 Å². The number of nitrogens with zero attached hydrogens (tertiary/aromatic N) is 1. The lowest BCUT2D eigenvalue weighted by Crippen LogP contribution is -2.43. The van der Waals surface area contributed by atoms with Gasteiger partial charge in [0, 0.05) is 11.4 Å². The first-order valence-corrected chi connectivity index (χ1v) is 8.55. The minimum Gasteiger partial charge on any atom is -0.320 e. The molecule has 2 heterocycles. The van der Waals surface area contributed by atoms with E-state index in [1.54, 1.807) is 11.3 Å². The Morgan fingerprint density at radius 2 is 2.10 bits per heavy atom. The molecule has 20 heavy (non-hydrogen) atoms. The molecule has 1 aliphatic rings. The van der Waals surface area contributed by atoms with Crippen LogP contribution in [0.4, 0.5) is 0 Å². The fourth-order valence-corrected chi connectivity index (χ4v) is 3.60. The number of hydrogen-bond acceptors (Lipinski definition) is 3. The molecule has 1 aromatic heterocycles. The van der Waals surface area contributed by atoms with Gasteiger partial charge in [-0.2, -0.15) is 0 Å². The second kappa shape index (κ2) is 6.27. The third kappa shape index (κ3) is 2.77. The molecule has 1 saturated heterocycles. The molecule has 4 heteroatoms. The van der Waals surface area contributed by atoms with E-state index >= 15 is 0 Å². The number of amides is 1. The van der Waals surface area contributed by atoms with Crippen LogP contribution in [-0.2, 0) is 4.79 Å². The molecular weight excluding hydrogens is 268 g/mol. The summed E-state index contributed by atoms with van der Waals surface area (Å²) < 4.78 is 0. The average Bonchev–Trinajstić information content (AvgIpc) is 3.06. The van der Waals surface area contributed by atoms with Crippen molar-refractivity contribution in [3.8, 4) is 0 Å². The van der Waals surface area contributed by atoms with Crippen LogP contribution < -0.4 is 5.32 Å². The molecule has 2 unspecified atom stereocenters. The molecule has 0 radical (unpaired) electrons. The van der Waals surface area contributed by atoms with E-state index in [0.717, 1.165) is 25.8 Å². The Kier molecular flexibility index (Phi) is 4.86. The maximum absolute atomic E-state index is 12.8. The predicted molar refractivity (Wildman–Crippen MR) is 84.7 cm³/mol. The zero-order valence-electron chi connectivity index (χ0n) is 13.0. The quantitative estimate of drug-likeness (QED) is 0.866. The average molecular weight is 294 g/mol. The van der Waals surface area contributed by atoms with E-state index < -0.39 is 5.54 Å². The maximum Gasteiger partial charge on any atom is 0.244 e. The monoisotopic (exact) mass is 294 g/mol. The van der Waals surface area contributed by atoms with Gasteiger partial charge < -0.3 is 4.90 Å². The highest BCUT2D eigenvalue weighted by atomic mass is 32.1. The summed E-state index contributed by atoms with van der Waals surface area (Å²) in [5, 5.41) is 5.64. The summed E-state index contributed by atoms with van der Waals surface area (Å²) in [7, 11) is 0. The largest absolute Gasteiger partial charge is 0.320 e. The van der Waals surface area contributed by atoms with Crippen LogP contribution >= 0.6 is 11.3 Å². The predicted octanol–water partition coefficient (Wildman–Crippen LogP) is 3.78. The van der Waals surface area contributed by atoms with E-state index in [1.807, 2.05) is 6.92 Å². The molecule has 112 valence electrons. The molecule has 0 aliphatic carbocycles. The zero-order valence-corrected chi connectivity index (χ0v) is 13.8. The first-order valence-electron chi connectivity index (χ1n) is 7.67. The molecule has 2 atom stereocenters. The van der Waals surface area contributed by atoms with Crippen molar-refractivity contribution in [1.29, 1.82) is 0 Å². The van der Waals surface area contributed by atoms with Crippen molar-refractivity contribution < 1.29 is 4.79 Å². The zero-order chi connectivity index (χ0) is 14.8. The van der Waals surface area contributed by atoms with Crippen LogP contribution in [0.25, 0.3) is 0 Å². The molecule has 2 rings (SSSR count). The van der Waals surface area contributed by atoms with Crippen LogP contribution in [0.15, 0.2) is 17.5 Å².